The number of hydrogen-bond acceptors (Lipinski definition) is 3. The van der Waals surface area contributed by atoms with Crippen molar-refractivity contribution in [1.29, 1.82) is 0 Å². The molecule has 0 atom stereocenters. The third-order valence-corrected chi connectivity index (χ3v) is 3.50. The smallest absolute Gasteiger partial charge is 0.0162 e. The fourth-order valence-electron chi connectivity index (χ4n) is 1.92. The molecule has 1 aliphatic rings. The molecule has 0 radical (unpaired) electrons. The van der Waals surface area contributed by atoms with Gasteiger partial charge in [-0.05, 0) is 72.9 Å². The van der Waals surface area contributed by atoms with Gasteiger partial charge in [0.1, 0.15) is 0 Å². The summed E-state index contributed by atoms with van der Waals surface area (Å²) in [7, 11) is 2.24. The van der Waals surface area contributed by atoms with Crippen LogP contribution in [0.5, 0.6) is 0 Å². The molecule has 1 aliphatic heterocycles. The molecule has 0 saturated carbocycles. The molecule has 3 heteroatoms. The summed E-state index contributed by atoms with van der Waals surface area (Å²) < 4.78 is 0. The van der Waals surface area contributed by atoms with E-state index in [-0.39, 0.29) is 0 Å². The lowest BCUT2D eigenvalue weighted by Crippen LogP contribution is -2.44. The summed E-state index contributed by atoms with van der Waals surface area (Å²) >= 11 is 0. The maximum Gasteiger partial charge on any atom is 0.0162 e. The summed E-state index contributed by atoms with van der Waals surface area (Å²) in [4.78, 5) is 2.48. The Hall–Kier alpha value is -0.120. The topological polar surface area (TPSA) is 27.3 Å². The van der Waals surface area contributed by atoms with Crippen LogP contribution in [-0.2, 0) is 0 Å². The van der Waals surface area contributed by atoms with Gasteiger partial charge in [0, 0.05) is 5.54 Å². The van der Waals surface area contributed by atoms with Crippen molar-refractivity contribution in [3.8, 4) is 0 Å². The van der Waals surface area contributed by atoms with Crippen LogP contribution >= 0.6 is 0 Å². The third kappa shape index (κ3) is 4.96. The Kier molecular flexibility index (Phi) is 5.58. The first-order valence-electron chi connectivity index (χ1n) is 6.25. The van der Waals surface area contributed by atoms with Gasteiger partial charge in [-0.2, -0.15) is 0 Å². The van der Waals surface area contributed by atoms with Crippen LogP contribution in [0.1, 0.15) is 33.1 Å². The molecule has 2 N–H and O–H groups in total. The maximum atomic E-state index is 3.51. The van der Waals surface area contributed by atoms with Gasteiger partial charge in [0.05, 0.1) is 0 Å². The largest absolute Gasteiger partial charge is 0.317 e. The molecule has 0 bridgehead atoms. The van der Waals surface area contributed by atoms with Gasteiger partial charge in [-0.15, -0.1) is 0 Å². The molecule has 0 unspecified atom stereocenters. The molecule has 1 saturated heterocycles. The molecular weight excluding hydrogens is 186 g/mol. The SMILES string of the molecule is CN1CCCNCCCNCCC1(C)C. The normalized spacial score (nSPS) is 26.6. The summed E-state index contributed by atoms with van der Waals surface area (Å²) in [6, 6.07) is 0. The van der Waals surface area contributed by atoms with Gasteiger partial charge in [-0.25, -0.2) is 0 Å². The lowest BCUT2D eigenvalue weighted by Gasteiger charge is -2.36. The first-order chi connectivity index (χ1) is 7.13. The highest BCUT2D eigenvalue weighted by Gasteiger charge is 2.22. The molecule has 0 aromatic heterocycles. The van der Waals surface area contributed by atoms with Crippen LogP contribution in [0.4, 0.5) is 0 Å². The second kappa shape index (κ2) is 6.46. The van der Waals surface area contributed by atoms with E-state index in [0.29, 0.717) is 5.54 Å². The predicted octanol–water partition coefficient (Wildman–Crippen LogP) is 1.06. The van der Waals surface area contributed by atoms with Gasteiger partial charge in [-0.1, -0.05) is 0 Å². The van der Waals surface area contributed by atoms with Crippen LogP contribution < -0.4 is 10.6 Å². The van der Waals surface area contributed by atoms with E-state index in [1.807, 2.05) is 0 Å². The van der Waals surface area contributed by atoms with E-state index < -0.39 is 0 Å². The highest BCUT2D eigenvalue weighted by Crippen LogP contribution is 2.16. The number of hydrogen-bond donors (Lipinski definition) is 2. The van der Waals surface area contributed by atoms with Crippen molar-refractivity contribution in [1.82, 2.24) is 15.5 Å². The second-order valence-corrected chi connectivity index (χ2v) is 5.19. The summed E-state index contributed by atoms with van der Waals surface area (Å²) in [5.41, 5.74) is 0.326. The maximum absolute atomic E-state index is 3.51. The van der Waals surface area contributed by atoms with Crippen LogP contribution in [0.15, 0.2) is 0 Å². The van der Waals surface area contributed by atoms with Gasteiger partial charge >= 0.3 is 0 Å². The lowest BCUT2D eigenvalue weighted by molar-refractivity contribution is 0.142. The molecule has 0 spiro atoms. The molecule has 0 aromatic carbocycles. The first-order valence-corrected chi connectivity index (χ1v) is 6.25. The number of rotatable bonds is 0. The van der Waals surface area contributed by atoms with Crippen molar-refractivity contribution in [3.63, 3.8) is 0 Å². The van der Waals surface area contributed by atoms with Gasteiger partial charge in [-0.3, -0.25) is 0 Å². The van der Waals surface area contributed by atoms with Crippen LogP contribution in [0.2, 0.25) is 0 Å². The summed E-state index contributed by atoms with van der Waals surface area (Å²) in [6.45, 7) is 10.5. The zero-order valence-corrected chi connectivity index (χ0v) is 10.6. The van der Waals surface area contributed by atoms with Gasteiger partial charge in [0.2, 0.25) is 0 Å². The fraction of sp³-hybridized carbons (Fsp3) is 1.00. The van der Waals surface area contributed by atoms with Gasteiger partial charge < -0.3 is 15.5 Å². The predicted molar refractivity (Wildman–Crippen MR) is 66.3 cm³/mol. The summed E-state index contributed by atoms with van der Waals surface area (Å²) in [6.07, 6.45) is 3.74. The Morgan fingerprint density at radius 3 is 2.27 bits per heavy atom. The molecule has 90 valence electrons. The highest BCUT2D eigenvalue weighted by molar-refractivity contribution is 4.80. The average Bonchev–Trinajstić information content (AvgIpc) is 2.18. The van der Waals surface area contributed by atoms with E-state index in [1.165, 1.54) is 25.8 Å². The van der Waals surface area contributed by atoms with Gasteiger partial charge in [0.15, 0.2) is 0 Å². The molecule has 15 heavy (non-hydrogen) atoms. The Morgan fingerprint density at radius 2 is 1.53 bits per heavy atom. The fourth-order valence-corrected chi connectivity index (χ4v) is 1.92. The van der Waals surface area contributed by atoms with Crippen molar-refractivity contribution < 1.29 is 0 Å². The summed E-state index contributed by atoms with van der Waals surface area (Å²) in [5, 5.41) is 7.00. The van der Waals surface area contributed by atoms with E-state index in [4.69, 9.17) is 0 Å². The molecule has 1 heterocycles. The third-order valence-electron chi connectivity index (χ3n) is 3.50. The lowest BCUT2D eigenvalue weighted by atomic mass is 9.98. The summed E-state index contributed by atoms with van der Waals surface area (Å²) in [5.74, 6) is 0. The Balaban J connectivity index is 2.38. The molecule has 0 aromatic rings. The molecule has 3 nitrogen and oxygen atoms in total. The minimum absolute atomic E-state index is 0.326. The Morgan fingerprint density at radius 1 is 0.933 bits per heavy atom. The van der Waals surface area contributed by atoms with E-state index in [1.54, 1.807) is 0 Å². The van der Waals surface area contributed by atoms with E-state index >= 15 is 0 Å². The van der Waals surface area contributed by atoms with Crippen molar-refractivity contribution >= 4 is 0 Å². The first kappa shape index (κ1) is 12.9. The second-order valence-electron chi connectivity index (χ2n) is 5.19. The monoisotopic (exact) mass is 213 g/mol. The van der Waals surface area contributed by atoms with Crippen LogP contribution in [0, 0.1) is 0 Å². The minimum Gasteiger partial charge on any atom is -0.317 e. The molecule has 0 amide bonds. The van der Waals surface area contributed by atoms with Crippen LogP contribution in [0.25, 0.3) is 0 Å². The van der Waals surface area contributed by atoms with Crippen molar-refractivity contribution in [2.75, 3.05) is 39.8 Å². The molecule has 0 aliphatic carbocycles. The molecular formula is C12H27N3. The molecule has 1 rings (SSSR count). The van der Waals surface area contributed by atoms with E-state index in [0.717, 1.165) is 26.2 Å². The zero-order valence-electron chi connectivity index (χ0n) is 10.6. The van der Waals surface area contributed by atoms with Crippen molar-refractivity contribution in [3.05, 3.63) is 0 Å². The molecule has 1 fully saturated rings. The Bertz CT molecular complexity index is 168. The van der Waals surface area contributed by atoms with E-state index in [9.17, 15) is 0 Å². The zero-order chi connectivity index (χ0) is 11.1. The highest BCUT2D eigenvalue weighted by atomic mass is 15.2. The number of nitrogens with one attached hydrogen (secondary N) is 2. The van der Waals surface area contributed by atoms with Crippen LogP contribution in [0.3, 0.4) is 0 Å². The van der Waals surface area contributed by atoms with E-state index in [2.05, 4.69) is 36.4 Å². The van der Waals surface area contributed by atoms with Crippen molar-refractivity contribution in [2.24, 2.45) is 0 Å². The number of nitrogens with zero attached hydrogens (tertiary/aromatic N) is 1. The standard InChI is InChI=1S/C12H27N3/c1-12(2)6-10-14-8-4-7-13-9-5-11-15(12)3/h13-14H,4-11H2,1-3H3. The Labute approximate surface area is 94.6 Å². The van der Waals surface area contributed by atoms with Crippen molar-refractivity contribution in [2.45, 2.75) is 38.6 Å². The van der Waals surface area contributed by atoms with Crippen LogP contribution in [-0.4, -0.2) is 50.2 Å². The minimum atomic E-state index is 0.326. The van der Waals surface area contributed by atoms with Gasteiger partial charge in [0.25, 0.3) is 0 Å². The quantitative estimate of drug-likeness (QED) is 0.630. The average molecular weight is 213 g/mol.